The Labute approximate surface area is 135 Å². The van der Waals surface area contributed by atoms with Gasteiger partial charge in [0, 0.05) is 13.1 Å². The molecule has 9 heteroatoms. The van der Waals surface area contributed by atoms with Crippen LogP contribution in [0.3, 0.4) is 0 Å². The van der Waals surface area contributed by atoms with E-state index in [-0.39, 0.29) is 16.3 Å². The van der Waals surface area contributed by atoms with Crippen LogP contribution in [0.4, 0.5) is 0 Å². The summed E-state index contributed by atoms with van der Waals surface area (Å²) < 4.78 is 32.1. The van der Waals surface area contributed by atoms with Gasteiger partial charge in [-0.3, -0.25) is 0 Å². The van der Waals surface area contributed by atoms with Crippen molar-refractivity contribution in [1.82, 2.24) is 10.0 Å². The highest BCUT2D eigenvalue weighted by Crippen LogP contribution is 2.32. The number of thiophene rings is 1. The van der Waals surface area contributed by atoms with Crippen molar-refractivity contribution in [2.45, 2.75) is 11.3 Å². The van der Waals surface area contributed by atoms with Gasteiger partial charge in [-0.05, 0) is 35.0 Å². The topological polar surface area (TPSA) is 84.5 Å². The highest BCUT2D eigenvalue weighted by atomic mass is 79.9. The number of rotatable bonds is 5. The predicted octanol–water partition coefficient (Wildman–Crippen LogP) is 1.50. The van der Waals surface area contributed by atoms with Gasteiger partial charge in [0.15, 0.2) is 0 Å². The third kappa shape index (κ3) is 4.13. The molecule has 0 spiro atoms. The van der Waals surface area contributed by atoms with Gasteiger partial charge in [-0.2, -0.15) is 0 Å². The smallest absolute Gasteiger partial charge is 0.348 e. The molecule has 0 amide bonds. The molecule has 0 unspecified atom stereocenters. The van der Waals surface area contributed by atoms with Crippen molar-refractivity contribution in [2.75, 3.05) is 26.7 Å². The van der Waals surface area contributed by atoms with Gasteiger partial charge in [-0.25, -0.2) is 17.9 Å². The number of sulfonamides is 1. The first kappa shape index (κ1) is 16.6. The lowest BCUT2D eigenvalue weighted by Gasteiger charge is -2.14. The van der Waals surface area contributed by atoms with Gasteiger partial charge >= 0.3 is 5.97 Å². The van der Waals surface area contributed by atoms with E-state index in [0.717, 1.165) is 36.4 Å². The van der Waals surface area contributed by atoms with E-state index in [1.54, 1.807) is 0 Å². The van der Waals surface area contributed by atoms with Crippen LogP contribution in [0.1, 0.15) is 16.1 Å². The van der Waals surface area contributed by atoms with Crippen molar-refractivity contribution in [1.29, 1.82) is 0 Å². The first-order valence-corrected chi connectivity index (χ1v) is 9.29. The monoisotopic (exact) mass is 394 g/mol. The molecule has 0 bridgehead atoms. The molecule has 0 radical (unpaired) electrons. The minimum Gasteiger partial charge on any atom is -0.465 e. The van der Waals surface area contributed by atoms with Gasteiger partial charge in [0.1, 0.15) is 9.77 Å². The first-order valence-electron chi connectivity index (χ1n) is 6.20. The van der Waals surface area contributed by atoms with Crippen molar-refractivity contribution >= 4 is 43.3 Å². The van der Waals surface area contributed by atoms with Crippen LogP contribution < -0.4 is 10.0 Å². The maximum atomic E-state index is 12.3. The van der Waals surface area contributed by atoms with Crippen LogP contribution in [0.15, 0.2) is 26.4 Å². The lowest BCUT2D eigenvalue weighted by Crippen LogP contribution is -2.29. The number of ether oxygens (including phenoxy) is 1. The normalized spacial score (nSPS) is 15.6. The van der Waals surface area contributed by atoms with Crippen LogP contribution in [-0.2, 0) is 14.8 Å². The average molecular weight is 395 g/mol. The Balaban J connectivity index is 2.13. The predicted molar refractivity (Wildman–Crippen MR) is 84.1 cm³/mol. The molecule has 1 aliphatic heterocycles. The second kappa shape index (κ2) is 7.01. The van der Waals surface area contributed by atoms with Crippen molar-refractivity contribution in [2.24, 2.45) is 0 Å². The van der Waals surface area contributed by atoms with Crippen molar-refractivity contribution in [3.8, 4) is 0 Å². The van der Waals surface area contributed by atoms with E-state index in [2.05, 4.69) is 30.7 Å². The average Bonchev–Trinajstić information content (AvgIpc) is 2.88. The zero-order valence-corrected chi connectivity index (χ0v) is 14.5. The molecule has 0 aliphatic carbocycles. The number of methoxy groups -OCH3 is 1. The summed E-state index contributed by atoms with van der Waals surface area (Å²) in [7, 11) is -2.41. The summed E-state index contributed by atoms with van der Waals surface area (Å²) in [5.41, 5.74) is 1.05. The molecule has 21 heavy (non-hydrogen) atoms. The maximum absolute atomic E-state index is 12.3. The zero-order chi connectivity index (χ0) is 15.5. The number of esters is 1. The van der Waals surface area contributed by atoms with E-state index in [9.17, 15) is 13.2 Å². The van der Waals surface area contributed by atoms with E-state index in [4.69, 9.17) is 0 Å². The molecule has 0 saturated carbocycles. The quantitative estimate of drug-likeness (QED) is 0.583. The fourth-order valence-electron chi connectivity index (χ4n) is 1.83. The van der Waals surface area contributed by atoms with Crippen molar-refractivity contribution in [3.63, 3.8) is 0 Å². The van der Waals surface area contributed by atoms with Crippen LogP contribution in [0, 0.1) is 0 Å². The molecule has 6 nitrogen and oxygen atoms in total. The van der Waals surface area contributed by atoms with Crippen LogP contribution in [0.5, 0.6) is 0 Å². The minimum absolute atomic E-state index is 0.0578. The Morgan fingerprint density at radius 2 is 2.33 bits per heavy atom. The summed E-state index contributed by atoms with van der Waals surface area (Å²) in [5, 5.41) is 3.16. The van der Waals surface area contributed by atoms with E-state index in [1.165, 1.54) is 13.2 Å². The van der Waals surface area contributed by atoms with Gasteiger partial charge < -0.3 is 10.1 Å². The number of hydrogen-bond donors (Lipinski definition) is 2. The van der Waals surface area contributed by atoms with Gasteiger partial charge in [0.25, 0.3) is 0 Å². The largest absolute Gasteiger partial charge is 0.465 e. The molecule has 116 valence electrons. The number of carbonyl (C=O) groups is 1. The molecule has 0 aromatic carbocycles. The summed E-state index contributed by atoms with van der Waals surface area (Å²) in [6, 6.07) is 1.32. The van der Waals surface area contributed by atoms with Crippen LogP contribution in [0.25, 0.3) is 0 Å². The minimum atomic E-state index is -3.67. The molecule has 0 saturated heterocycles. The van der Waals surface area contributed by atoms with E-state index in [0.29, 0.717) is 3.79 Å². The van der Waals surface area contributed by atoms with Gasteiger partial charge in [0.05, 0.1) is 10.9 Å². The molecule has 1 aliphatic rings. The SMILES string of the molecule is COC(=O)c1cc(S(=O)(=O)NCC2=CCNCC2)c(Br)s1. The highest BCUT2D eigenvalue weighted by molar-refractivity contribution is 9.11. The third-order valence-electron chi connectivity index (χ3n) is 2.98. The van der Waals surface area contributed by atoms with E-state index in [1.807, 2.05) is 6.08 Å². The fraction of sp³-hybridized carbons (Fsp3) is 0.417. The maximum Gasteiger partial charge on any atom is 0.348 e. The second-order valence-corrected chi connectivity index (χ2v) is 8.49. The summed E-state index contributed by atoms with van der Waals surface area (Å²) in [5.74, 6) is -0.553. The Morgan fingerprint density at radius 3 is 2.95 bits per heavy atom. The summed E-state index contributed by atoms with van der Waals surface area (Å²) in [6.07, 6.45) is 2.80. The third-order valence-corrected chi connectivity index (χ3v) is 6.61. The molecule has 1 aromatic rings. The Morgan fingerprint density at radius 1 is 1.57 bits per heavy atom. The molecule has 1 aromatic heterocycles. The molecule has 0 atom stereocenters. The zero-order valence-electron chi connectivity index (χ0n) is 11.3. The van der Waals surface area contributed by atoms with Gasteiger partial charge in [0.2, 0.25) is 10.0 Å². The first-order chi connectivity index (χ1) is 9.94. The Kier molecular flexibility index (Phi) is 5.55. The molecular weight excluding hydrogens is 380 g/mol. The number of halogens is 1. The lowest BCUT2D eigenvalue weighted by molar-refractivity contribution is 0.0606. The number of nitrogens with one attached hydrogen (secondary N) is 2. The molecule has 2 N–H and O–H groups in total. The van der Waals surface area contributed by atoms with Crippen LogP contribution in [-0.4, -0.2) is 41.1 Å². The molecule has 2 rings (SSSR count). The summed E-state index contributed by atoms with van der Waals surface area (Å²) in [4.78, 5) is 11.7. The molecular formula is C12H15BrN2O4S2. The highest BCUT2D eigenvalue weighted by Gasteiger charge is 2.23. The second-order valence-electron chi connectivity index (χ2n) is 4.38. The van der Waals surface area contributed by atoms with E-state index < -0.39 is 16.0 Å². The number of carbonyl (C=O) groups excluding carboxylic acids is 1. The van der Waals surface area contributed by atoms with Gasteiger partial charge in [-0.1, -0.05) is 11.6 Å². The van der Waals surface area contributed by atoms with Crippen molar-refractivity contribution < 1.29 is 17.9 Å². The summed E-state index contributed by atoms with van der Waals surface area (Å²) in [6.45, 7) is 1.88. The lowest BCUT2D eigenvalue weighted by atomic mass is 10.1. The van der Waals surface area contributed by atoms with Crippen LogP contribution in [0.2, 0.25) is 0 Å². The fourth-order valence-corrected chi connectivity index (χ4v) is 5.35. The van der Waals surface area contributed by atoms with Crippen molar-refractivity contribution in [3.05, 3.63) is 26.4 Å². The van der Waals surface area contributed by atoms with Gasteiger partial charge in [-0.15, -0.1) is 11.3 Å². The summed E-state index contributed by atoms with van der Waals surface area (Å²) >= 11 is 4.22. The Bertz CT molecular complexity index is 667. The van der Waals surface area contributed by atoms with Crippen LogP contribution >= 0.6 is 27.3 Å². The number of hydrogen-bond acceptors (Lipinski definition) is 6. The Hall–Kier alpha value is -0.740. The molecule has 2 heterocycles. The molecule has 0 fully saturated rings. The van der Waals surface area contributed by atoms with E-state index >= 15 is 0 Å². The standard InChI is InChI=1S/C12H15BrN2O4S2/c1-19-12(16)9-6-10(11(13)20-9)21(17,18)15-7-8-2-4-14-5-3-8/h2,6,14-15H,3-5,7H2,1H3.